The van der Waals surface area contributed by atoms with Crippen molar-refractivity contribution < 1.29 is 14.2 Å². The van der Waals surface area contributed by atoms with Gasteiger partial charge in [-0.3, -0.25) is 0 Å². The average Bonchev–Trinajstić information content (AvgIpc) is 2.44. The molecule has 4 heteroatoms. The molecule has 0 bridgehead atoms. The van der Waals surface area contributed by atoms with Gasteiger partial charge in [0.2, 0.25) is 0 Å². The first-order chi connectivity index (χ1) is 9.72. The fraction of sp³-hybridized carbons (Fsp3) is 0.500. The third-order valence-corrected chi connectivity index (χ3v) is 2.80. The molecule has 0 spiro atoms. The number of benzene rings is 1. The van der Waals surface area contributed by atoms with Gasteiger partial charge in [0, 0.05) is 25.8 Å². The Balaban J connectivity index is 2.76. The van der Waals surface area contributed by atoms with Crippen molar-refractivity contribution in [2.75, 3.05) is 40.5 Å². The third-order valence-electron chi connectivity index (χ3n) is 2.80. The van der Waals surface area contributed by atoms with E-state index in [1.165, 1.54) is 5.57 Å². The number of para-hydroxylation sites is 1. The summed E-state index contributed by atoms with van der Waals surface area (Å²) in [5.74, 6) is 1.56. The smallest absolute Gasteiger partial charge is 0.167 e. The lowest BCUT2D eigenvalue weighted by atomic mass is 10.1. The van der Waals surface area contributed by atoms with Crippen LogP contribution in [0.15, 0.2) is 23.8 Å². The van der Waals surface area contributed by atoms with E-state index in [4.69, 9.17) is 14.2 Å². The standard InChI is InChI=1S/C16H25NO3/c1-5-20-15-8-6-7-14(16(15)19-4)11-13(2)12-17-9-10-18-3/h6-8,11,17H,5,9-10,12H2,1-4H3. The van der Waals surface area contributed by atoms with Crippen LogP contribution in [0, 0.1) is 0 Å². The van der Waals surface area contributed by atoms with E-state index in [0.29, 0.717) is 6.61 Å². The van der Waals surface area contributed by atoms with Gasteiger partial charge in [-0.05, 0) is 19.9 Å². The molecule has 0 unspecified atom stereocenters. The van der Waals surface area contributed by atoms with Crippen molar-refractivity contribution in [1.82, 2.24) is 5.32 Å². The van der Waals surface area contributed by atoms with Crippen LogP contribution in [0.2, 0.25) is 0 Å². The Bertz CT molecular complexity index is 430. The van der Waals surface area contributed by atoms with Crippen molar-refractivity contribution in [1.29, 1.82) is 0 Å². The number of nitrogens with one attached hydrogen (secondary N) is 1. The summed E-state index contributed by atoms with van der Waals surface area (Å²) in [5.41, 5.74) is 2.26. The van der Waals surface area contributed by atoms with Crippen molar-refractivity contribution in [3.63, 3.8) is 0 Å². The van der Waals surface area contributed by atoms with Gasteiger partial charge < -0.3 is 19.5 Å². The van der Waals surface area contributed by atoms with Crippen LogP contribution in [0.25, 0.3) is 6.08 Å². The van der Waals surface area contributed by atoms with E-state index in [2.05, 4.69) is 18.3 Å². The largest absolute Gasteiger partial charge is 0.492 e. The summed E-state index contributed by atoms with van der Waals surface area (Å²) in [7, 11) is 3.37. The van der Waals surface area contributed by atoms with Gasteiger partial charge in [-0.15, -0.1) is 0 Å². The molecule has 0 aliphatic heterocycles. The second kappa shape index (κ2) is 9.39. The molecular formula is C16H25NO3. The van der Waals surface area contributed by atoms with Crippen molar-refractivity contribution in [3.8, 4) is 11.5 Å². The molecule has 0 amide bonds. The zero-order valence-electron chi connectivity index (χ0n) is 12.9. The maximum absolute atomic E-state index is 5.58. The normalized spacial score (nSPS) is 11.5. The van der Waals surface area contributed by atoms with E-state index in [9.17, 15) is 0 Å². The lowest BCUT2D eigenvalue weighted by Gasteiger charge is -2.12. The molecule has 0 saturated heterocycles. The molecule has 0 aliphatic carbocycles. The Morgan fingerprint density at radius 2 is 2.10 bits per heavy atom. The first-order valence-electron chi connectivity index (χ1n) is 6.89. The maximum Gasteiger partial charge on any atom is 0.167 e. The maximum atomic E-state index is 5.58. The Labute approximate surface area is 121 Å². The number of hydrogen-bond acceptors (Lipinski definition) is 4. The minimum absolute atomic E-state index is 0.626. The number of methoxy groups -OCH3 is 2. The summed E-state index contributed by atoms with van der Waals surface area (Å²) in [6, 6.07) is 5.93. The molecular weight excluding hydrogens is 254 g/mol. The molecule has 1 aromatic rings. The van der Waals surface area contributed by atoms with E-state index >= 15 is 0 Å². The Kier molecular flexibility index (Phi) is 7.77. The highest BCUT2D eigenvalue weighted by Gasteiger charge is 2.08. The fourth-order valence-corrected chi connectivity index (χ4v) is 1.91. The van der Waals surface area contributed by atoms with Gasteiger partial charge in [0.05, 0.1) is 20.3 Å². The zero-order valence-corrected chi connectivity index (χ0v) is 12.9. The molecule has 1 N–H and O–H groups in total. The fourth-order valence-electron chi connectivity index (χ4n) is 1.91. The van der Waals surface area contributed by atoms with Crippen LogP contribution in [-0.4, -0.2) is 40.5 Å². The van der Waals surface area contributed by atoms with E-state index in [-0.39, 0.29) is 0 Å². The Morgan fingerprint density at radius 3 is 2.75 bits per heavy atom. The minimum Gasteiger partial charge on any atom is -0.492 e. The summed E-state index contributed by atoms with van der Waals surface area (Å²) in [6.07, 6.45) is 2.11. The highest BCUT2D eigenvalue weighted by atomic mass is 16.5. The predicted molar refractivity (Wildman–Crippen MR) is 82.6 cm³/mol. The van der Waals surface area contributed by atoms with Gasteiger partial charge in [-0.2, -0.15) is 0 Å². The molecule has 112 valence electrons. The van der Waals surface area contributed by atoms with Gasteiger partial charge in [-0.1, -0.05) is 23.8 Å². The minimum atomic E-state index is 0.626. The van der Waals surface area contributed by atoms with Crippen molar-refractivity contribution in [2.45, 2.75) is 13.8 Å². The quantitative estimate of drug-likeness (QED) is 0.706. The Hall–Kier alpha value is -1.52. The topological polar surface area (TPSA) is 39.7 Å². The summed E-state index contributed by atoms with van der Waals surface area (Å²) < 4.78 is 16.0. The molecule has 0 aliphatic rings. The molecule has 1 aromatic carbocycles. The summed E-state index contributed by atoms with van der Waals surface area (Å²) in [5, 5.41) is 3.32. The van der Waals surface area contributed by atoms with E-state index in [1.807, 2.05) is 25.1 Å². The predicted octanol–water partition coefficient (Wildman–Crippen LogP) is 2.73. The van der Waals surface area contributed by atoms with Gasteiger partial charge in [-0.25, -0.2) is 0 Å². The first kappa shape index (κ1) is 16.5. The van der Waals surface area contributed by atoms with Crippen LogP contribution in [0.4, 0.5) is 0 Å². The van der Waals surface area contributed by atoms with E-state index in [1.54, 1.807) is 14.2 Å². The van der Waals surface area contributed by atoms with E-state index in [0.717, 1.165) is 36.8 Å². The second-order valence-electron chi connectivity index (χ2n) is 4.47. The number of rotatable bonds is 9. The second-order valence-corrected chi connectivity index (χ2v) is 4.47. The summed E-state index contributed by atoms with van der Waals surface area (Å²) >= 11 is 0. The Morgan fingerprint density at radius 1 is 1.30 bits per heavy atom. The molecule has 0 heterocycles. The summed E-state index contributed by atoms with van der Waals surface area (Å²) in [4.78, 5) is 0. The van der Waals surface area contributed by atoms with Crippen LogP contribution < -0.4 is 14.8 Å². The monoisotopic (exact) mass is 279 g/mol. The SMILES string of the molecule is CCOc1cccc(C=C(C)CNCCOC)c1OC. The van der Waals surface area contributed by atoms with Crippen LogP contribution >= 0.6 is 0 Å². The molecule has 0 saturated carbocycles. The summed E-state index contributed by atoms with van der Waals surface area (Å²) in [6.45, 7) is 7.07. The van der Waals surface area contributed by atoms with Gasteiger partial charge in [0.25, 0.3) is 0 Å². The lowest BCUT2D eigenvalue weighted by Crippen LogP contribution is -2.20. The molecule has 1 rings (SSSR count). The van der Waals surface area contributed by atoms with Crippen LogP contribution in [0.5, 0.6) is 11.5 Å². The molecule has 0 fully saturated rings. The highest BCUT2D eigenvalue weighted by molar-refractivity contribution is 5.64. The lowest BCUT2D eigenvalue weighted by molar-refractivity contribution is 0.200. The van der Waals surface area contributed by atoms with Crippen molar-refractivity contribution in [3.05, 3.63) is 29.3 Å². The highest BCUT2D eigenvalue weighted by Crippen LogP contribution is 2.32. The number of ether oxygens (including phenoxy) is 3. The van der Waals surface area contributed by atoms with Gasteiger partial charge >= 0.3 is 0 Å². The van der Waals surface area contributed by atoms with E-state index < -0.39 is 0 Å². The zero-order chi connectivity index (χ0) is 14.8. The average molecular weight is 279 g/mol. The molecule has 20 heavy (non-hydrogen) atoms. The van der Waals surface area contributed by atoms with Gasteiger partial charge in [0.15, 0.2) is 11.5 Å². The van der Waals surface area contributed by atoms with Crippen molar-refractivity contribution >= 4 is 6.08 Å². The molecule has 0 radical (unpaired) electrons. The van der Waals surface area contributed by atoms with Gasteiger partial charge in [0.1, 0.15) is 0 Å². The molecule has 0 atom stereocenters. The van der Waals surface area contributed by atoms with Crippen LogP contribution in [-0.2, 0) is 4.74 Å². The number of hydrogen-bond donors (Lipinski definition) is 1. The third kappa shape index (κ3) is 5.23. The van der Waals surface area contributed by atoms with Crippen LogP contribution in [0.1, 0.15) is 19.4 Å². The molecule has 0 aromatic heterocycles. The van der Waals surface area contributed by atoms with Crippen molar-refractivity contribution in [2.24, 2.45) is 0 Å². The van der Waals surface area contributed by atoms with Crippen LogP contribution in [0.3, 0.4) is 0 Å². The molecule has 4 nitrogen and oxygen atoms in total. The first-order valence-corrected chi connectivity index (χ1v) is 6.89.